The molecule has 0 bridgehead atoms. The van der Waals surface area contributed by atoms with Gasteiger partial charge in [0.25, 0.3) is 0 Å². The van der Waals surface area contributed by atoms with E-state index >= 15 is 0 Å². The molecule has 0 spiro atoms. The molecule has 0 N–H and O–H groups in total. The molecule has 1 aromatic carbocycles. The highest BCUT2D eigenvalue weighted by Gasteiger charge is 2.29. The van der Waals surface area contributed by atoms with E-state index in [1.165, 1.54) is 24.8 Å². The average molecular weight is 401 g/mol. The second-order valence-electron chi connectivity index (χ2n) is 8.68. The van der Waals surface area contributed by atoms with Crippen molar-refractivity contribution < 1.29 is 9.53 Å². The summed E-state index contributed by atoms with van der Waals surface area (Å²) in [5, 5.41) is 0. The first-order valence-electron chi connectivity index (χ1n) is 11.4. The largest absolute Gasteiger partial charge is 0.379 e. The molecule has 1 aromatic rings. The minimum atomic E-state index is 0.318. The topological polar surface area (TPSA) is 39.3 Å². The molecule has 6 nitrogen and oxygen atoms in total. The lowest BCUT2D eigenvalue weighted by Gasteiger charge is -2.41. The molecular formula is C23H36N4O2. The number of ether oxygens (including phenoxy) is 1. The van der Waals surface area contributed by atoms with Crippen molar-refractivity contribution in [1.29, 1.82) is 0 Å². The Morgan fingerprint density at radius 2 is 1.66 bits per heavy atom. The van der Waals surface area contributed by atoms with E-state index in [2.05, 4.69) is 49.9 Å². The van der Waals surface area contributed by atoms with Gasteiger partial charge in [-0.05, 0) is 24.9 Å². The maximum Gasteiger partial charge on any atom is 0.236 e. The predicted molar refractivity (Wildman–Crippen MR) is 115 cm³/mol. The predicted octanol–water partition coefficient (Wildman–Crippen LogP) is 1.52. The van der Waals surface area contributed by atoms with Crippen LogP contribution in [0.25, 0.3) is 0 Å². The number of amides is 1. The zero-order valence-corrected chi connectivity index (χ0v) is 17.7. The molecule has 3 aliphatic rings. The van der Waals surface area contributed by atoms with Crippen molar-refractivity contribution in [2.75, 3.05) is 72.1 Å². The van der Waals surface area contributed by atoms with Crippen LogP contribution in [0.15, 0.2) is 30.3 Å². The maximum atomic E-state index is 13.0. The van der Waals surface area contributed by atoms with Crippen LogP contribution in [0.5, 0.6) is 0 Å². The first kappa shape index (κ1) is 20.8. The first-order valence-corrected chi connectivity index (χ1v) is 11.4. The summed E-state index contributed by atoms with van der Waals surface area (Å²) in [6, 6.07) is 11.1. The van der Waals surface area contributed by atoms with E-state index in [0.29, 0.717) is 18.5 Å². The van der Waals surface area contributed by atoms with Crippen molar-refractivity contribution in [2.24, 2.45) is 0 Å². The molecule has 0 radical (unpaired) electrons. The number of likely N-dealkylation sites (tertiary alicyclic amines) is 1. The zero-order valence-electron chi connectivity index (χ0n) is 17.7. The second-order valence-corrected chi connectivity index (χ2v) is 8.68. The van der Waals surface area contributed by atoms with Gasteiger partial charge in [-0.1, -0.05) is 36.8 Å². The van der Waals surface area contributed by atoms with Crippen molar-refractivity contribution in [2.45, 2.75) is 31.8 Å². The van der Waals surface area contributed by atoms with Gasteiger partial charge in [-0.3, -0.25) is 19.5 Å². The Kier molecular flexibility index (Phi) is 7.55. The summed E-state index contributed by atoms with van der Waals surface area (Å²) in [7, 11) is 0. The Morgan fingerprint density at radius 1 is 0.897 bits per heavy atom. The van der Waals surface area contributed by atoms with Crippen molar-refractivity contribution in [3.8, 4) is 0 Å². The van der Waals surface area contributed by atoms with Gasteiger partial charge in [0, 0.05) is 58.4 Å². The van der Waals surface area contributed by atoms with Crippen LogP contribution in [0, 0.1) is 0 Å². The third kappa shape index (κ3) is 6.01. The molecular weight excluding hydrogens is 364 g/mol. The number of hydrogen-bond donors (Lipinski definition) is 0. The maximum absolute atomic E-state index is 13.0. The van der Waals surface area contributed by atoms with E-state index in [1.807, 2.05) is 0 Å². The van der Waals surface area contributed by atoms with Crippen molar-refractivity contribution in [3.05, 3.63) is 35.9 Å². The van der Waals surface area contributed by atoms with Crippen LogP contribution >= 0.6 is 0 Å². The second kappa shape index (κ2) is 10.5. The fraction of sp³-hybridized carbons (Fsp3) is 0.696. The van der Waals surface area contributed by atoms with E-state index in [9.17, 15) is 4.79 Å². The van der Waals surface area contributed by atoms with Crippen LogP contribution in [0.2, 0.25) is 0 Å². The van der Waals surface area contributed by atoms with Crippen LogP contribution in [-0.2, 0) is 16.1 Å². The highest BCUT2D eigenvalue weighted by molar-refractivity contribution is 5.78. The van der Waals surface area contributed by atoms with Crippen LogP contribution in [-0.4, -0.2) is 104 Å². The fourth-order valence-corrected chi connectivity index (χ4v) is 4.83. The number of rotatable bonds is 6. The van der Waals surface area contributed by atoms with Gasteiger partial charge in [0.15, 0.2) is 0 Å². The quantitative estimate of drug-likeness (QED) is 0.724. The fourth-order valence-electron chi connectivity index (χ4n) is 4.83. The Balaban J connectivity index is 1.23. The van der Waals surface area contributed by atoms with E-state index in [1.54, 1.807) is 0 Å². The molecule has 0 aromatic heterocycles. The number of carbonyl (C=O) groups excluding carboxylic acids is 1. The molecule has 160 valence electrons. The Morgan fingerprint density at radius 3 is 2.41 bits per heavy atom. The summed E-state index contributed by atoms with van der Waals surface area (Å²) in [5.41, 5.74) is 1.35. The molecule has 3 aliphatic heterocycles. The standard InChI is InChI=1S/C23H36N4O2/c28-23(26-12-10-24(11-13-26)18-21-6-2-1-3-7-21)20-27-9-5-4-8-22(27)19-25-14-16-29-17-15-25/h1-3,6-7,22H,4-5,8-20H2. The smallest absolute Gasteiger partial charge is 0.236 e. The number of morpholine rings is 1. The molecule has 6 heteroatoms. The van der Waals surface area contributed by atoms with E-state index < -0.39 is 0 Å². The third-order valence-electron chi connectivity index (χ3n) is 6.63. The van der Waals surface area contributed by atoms with Crippen LogP contribution < -0.4 is 0 Å². The van der Waals surface area contributed by atoms with Gasteiger partial charge in [-0.15, -0.1) is 0 Å². The Labute approximate surface area is 175 Å². The monoisotopic (exact) mass is 400 g/mol. The zero-order chi connectivity index (χ0) is 19.9. The third-order valence-corrected chi connectivity index (χ3v) is 6.63. The lowest BCUT2D eigenvalue weighted by atomic mass is 10.0. The highest BCUT2D eigenvalue weighted by atomic mass is 16.5. The van der Waals surface area contributed by atoms with Crippen molar-refractivity contribution in [1.82, 2.24) is 19.6 Å². The molecule has 1 atom stereocenters. The summed E-state index contributed by atoms with van der Waals surface area (Å²) in [6.45, 7) is 11.1. The normalized spacial score (nSPS) is 25.2. The summed E-state index contributed by atoms with van der Waals surface area (Å²) in [6.07, 6.45) is 3.73. The summed E-state index contributed by atoms with van der Waals surface area (Å²) >= 11 is 0. The van der Waals surface area contributed by atoms with Gasteiger partial charge in [-0.2, -0.15) is 0 Å². The molecule has 1 amide bonds. The van der Waals surface area contributed by atoms with Crippen molar-refractivity contribution in [3.63, 3.8) is 0 Å². The van der Waals surface area contributed by atoms with E-state index in [4.69, 9.17) is 4.74 Å². The van der Waals surface area contributed by atoms with Gasteiger partial charge >= 0.3 is 0 Å². The van der Waals surface area contributed by atoms with Gasteiger partial charge in [0.1, 0.15) is 0 Å². The molecule has 1 unspecified atom stereocenters. The number of hydrogen-bond acceptors (Lipinski definition) is 5. The highest BCUT2D eigenvalue weighted by Crippen LogP contribution is 2.19. The summed E-state index contributed by atoms with van der Waals surface area (Å²) in [5.74, 6) is 0.318. The van der Waals surface area contributed by atoms with Gasteiger partial charge in [-0.25, -0.2) is 0 Å². The molecule has 3 saturated heterocycles. The van der Waals surface area contributed by atoms with Crippen LogP contribution in [0.4, 0.5) is 0 Å². The minimum Gasteiger partial charge on any atom is -0.379 e. The number of nitrogens with zero attached hydrogens (tertiary/aromatic N) is 4. The van der Waals surface area contributed by atoms with E-state index in [-0.39, 0.29) is 0 Å². The number of piperazine rings is 1. The van der Waals surface area contributed by atoms with Crippen molar-refractivity contribution >= 4 is 5.91 Å². The van der Waals surface area contributed by atoms with Gasteiger partial charge in [0.05, 0.1) is 19.8 Å². The molecule has 3 heterocycles. The van der Waals surface area contributed by atoms with Gasteiger partial charge in [0.2, 0.25) is 5.91 Å². The number of benzene rings is 1. The minimum absolute atomic E-state index is 0.318. The lowest BCUT2D eigenvalue weighted by molar-refractivity contribution is -0.135. The number of piperidine rings is 1. The molecule has 3 fully saturated rings. The summed E-state index contributed by atoms with van der Waals surface area (Å²) in [4.78, 5) is 22.5. The molecule has 4 rings (SSSR count). The average Bonchev–Trinajstić information content (AvgIpc) is 2.77. The SMILES string of the molecule is O=C(CN1CCCCC1CN1CCOCC1)N1CCN(Cc2ccccc2)CC1. The molecule has 0 saturated carbocycles. The Bertz CT molecular complexity index is 627. The van der Waals surface area contributed by atoms with Crippen LogP contribution in [0.3, 0.4) is 0 Å². The summed E-state index contributed by atoms with van der Waals surface area (Å²) < 4.78 is 5.49. The van der Waals surface area contributed by atoms with E-state index in [0.717, 1.165) is 72.1 Å². The Hall–Kier alpha value is -1.47. The number of carbonyl (C=O) groups is 1. The molecule has 29 heavy (non-hydrogen) atoms. The lowest BCUT2D eigenvalue weighted by Crippen LogP contribution is -2.54. The first-order chi connectivity index (χ1) is 14.3. The molecule has 0 aliphatic carbocycles. The van der Waals surface area contributed by atoms with Crippen LogP contribution in [0.1, 0.15) is 24.8 Å². The van der Waals surface area contributed by atoms with Gasteiger partial charge < -0.3 is 9.64 Å².